The molecule has 0 amide bonds. The van der Waals surface area contributed by atoms with Crippen molar-refractivity contribution in [2.24, 2.45) is 0 Å². The summed E-state index contributed by atoms with van der Waals surface area (Å²) in [4.78, 5) is 0. The van der Waals surface area contributed by atoms with Crippen LogP contribution in [0.2, 0.25) is 0 Å². The molecule has 1 saturated heterocycles. The van der Waals surface area contributed by atoms with Gasteiger partial charge in [0.05, 0.1) is 12.7 Å². The minimum absolute atomic E-state index is 0.145. The maximum absolute atomic E-state index is 8.81. The van der Waals surface area contributed by atoms with E-state index in [1.54, 1.807) is 0 Å². The van der Waals surface area contributed by atoms with Gasteiger partial charge in [-0.15, -0.1) is 0 Å². The Morgan fingerprint density at radius 1 is 1.44 bits per heavy atom. The Morgan fingerprint density at radius 3 is 2.33 bits per heavy atom. The summed E-state index contributed by atoms with van der Waals surface area (Å²) < 4.78 is 4.68. The van der Waals surface area contributed by atoms with Gasteiger partial charge in [0.2, 0.25) is 0 Å². The number of hydrogen-bond donors (Lipinski definition) is 3. The van der Waals surface area contributed by atoms with E-state index in [1.807, 2.05) is 0 Å². The average molecular weight is 134 g/mol. The summed E-state index contributed by atoms with van der Waals surface area (Å²) in [6.07, 6.45) is -2.02. The summed E-state index contributed by atoms with van der Waals surface area (Å²) in [6.45, 7) is -0.145. The Hall–Kier alpha value is -0.160. The second-order valence-corrected chi connectivity index (χ2v) is 2.13. The van der Waals surface area contributed by atoms with Crippen LogP contribution < -0.4 is 0 Å². The minimum atomic E-state index is -1.11. The van der Waals surface area contributed by atoms with E-state index in [0.29, 0.717) is 6.42 Å². The van der Waals surface area contributed by atoms with Crippen LogP contribution in [0.25, 0.3) is 0 Å². The van der Waals surface area contributed by atoms with Gasteiger partial charge in [0, 0.05) is 6.42 Å². The molecule has 4 heteroatoms. The second kappa shape index (κ2) is 2.62. The maximum atomic E-state index is 8.81. The molecule has 1 rings (SSSR count). The molecule has 0 saturated carbocycles. The van der Waals surface area contributed by atoms with Crippen LogP contribution in [0, 0.1) is 0 Å². The lowest BCUT2D eigenvalue weighted by atomic mass is 10.2. The van der Waals surface area contributed by atoms with Crippen molar-refractivity contribution < 1.29 is 20.1 Å². The first-order valence-electron chi connectivity index (χ1n) is 2.86. The minimum Gasteiger partial charge on any atom is -0.394 e. The van der Waals surface area contributed by atoms with E-state index in [2.05, 4.69) is 4.74 Å². The number of hydrogen-bond acceptors (Lipinski definition) is 4. The molecule has 0 aromatic heterocycles. The molecular weight excluding hydrogens is 124 g/mol. The molecule has 0 bridgehead atoms. The van der Waals surface area contributed by atoms with Crippen molar-refractivity contribution in [3.63, 3.8) is 0 Å². The molecule has 1 aliphatic rings. The zero-order valence-electron chi connectivity index (χ0n) is 4.90. The Bertz CT molecular complexity index is 85.0. The van der Waals surface area contributed by atoms with Crippen molar-refractivity contribution in [1.29, 1.82) is 0 Å². The van der Waals surface area contributed by atoms with Gasteiger partial charge in [-0.25, -0.2) is 0 Å². The van der Waals surface area contributed by atoms with Gasteiger partial charge in [-0.3, -0.25) is 0 Å². The Labute approximate surface area is 52.7 Å². The number of aliphatic hydroxyl groups is 3. The lowest BCUT2D eigenvalue weighted by Gasteiger charge is -2.04. The summed E-state index contributed by atoms with van der Waals surface area (Å²) in [5.74, 6) is 0. The first kappa shape index (κ1) is 6.95. The van der Waals surface area contributed by atoms with Crippen LogP contribution in [0.1, 0.15) is 6.42 Å². The smallest absolute Gasteiger partial charge is 0.181 e. The maximum Gasteiger partial charge on any atom is 0.181 e. The van der Waals surface area contributed by atoms with Crippen LogP contribution >= 0.6 is 0 Å². The number of rotatable bonds is 1. The van der Waals surface area contributed by atoms with Crippen LogP contribution in [0.4, 0.5) is 0 Å². The molecule has 3 atom stereocenters. The van der Waals surface area contributed by atoms with Gasteiger partial charge in [-0.1, -0.05) is 0 Å². The Kier molecular flexibility index (Phi) is 2.02. The molecule has 1 aliphatic heterocycles. The van der Waals surface area contributed by atoms with E-state index in [-0.39, 0.29) is 6.61 Å². The predicted octanol–water partition coefficient (Wildman–Crippen LogP) is -1.55. The fourth-order valence-corrected chi connectivity index (χ4v) is 0.847. The van der Waals surface area contributed by atoms with Gasteiger partial charge in [0.25, 0.3) is 0 Å². The van der Waals surface area contributed by atoms with Crippen molar-refractivity contribution in [3.05, 3.63) is 0 Å². The van der Waals surface area contributed by atoms with Crippen LogP contribution in [-0.2, 0) is 4.74 Å². The zero-order valence-corrected chi connectivity index (χ0v) is 4.90. The van der Waals surface area contributed by atoms with Gasteiger partial charge in [0.15, 0.2) is 6.29 Å². The fourth-order valence-electron chi connectivity index (χ4n) is 0.847. The summed E-state index contributed by atoms with van der Waals surface area (Å²) in [7, 11) is 0. The van der Waals surface area contributed by atoms with Crippen molar-refractivity contribution in [3.8, 4) is 0 Å². The van der Waals surface area contributed by atoms with E-state index in [0.717, 1.165) is 0 Å². The first-order chi connectivity index (χ1) is 4.24. The highest BCUT2D eigenvalue weighted by Gasteiger charge is 2.31. The molecule has 1 unspecified atom stereocenters. The monoisotopic (exact) mass is 134 g/mol. The van der Waals surface area contributed by atoms with Crippen molar-refractivity contribution >= 4 is 0 Å². The third kappa shape index (κ3) is 1.40. The van der Waals surface area contributed by atoms with Crippen molar-refractivity contribution in [2.45, 2.75) is 24.9 Å². The van der Waals surface area contributed by atoms with Crippen LogP contribution in [-0.4, -0.2) is 40.4 Å². The van der Waals surface area contributed by atoms with Crippen LogP contribution in [0.3, 0.4) is 0 Å². The first-order valence-corrected chi connectivity index (χ1v) is 2.86. The summed E-state index contributed by atoms with van der Waals surface area (Å²) in [5.41, 5.74) is 0. The zero-order chi connectivity index (χ0) is 6.85. The highest BCUT2D eigenvalue weighted by molar-refractivity contribution is 4.74. The van der Waals surface area contributed by atoms with Crippen molar-refractivity contribution in [1.82, 2.24) is 0 Å². The van der Waals surface area contributed by atoms with E-state index >= 15 is 0 Å². The van der Waals surface area contributed by atoms with Crippen LogP contribution in [0.15, 0.2) is 0 Å². The molecule has 1 fully saturated rings. The average Bonchev–Trinajstić information content (AvgIpc) is 2.13. The topological polar surface area (TPSA) is 69.9 Å². The molecule has 0 aromatic carbocycles. The van der Waals surface area contributed by atoms with Crippen LogP contribution in [0.5, 0.6) is 0 Å². The Morgan fingerprint density at radius 2 is 2.11 bits per heavy atom. The molecule has 9 heavy (non-hydrogen) atoms. The molecule has 0 aromatic rings. The molecule has 0 aliphatic carbocycles. The summed E-state index contributed by atoms with van der Waals surface area (Å²) in [5, 5.41) is 26.0. The number of ether oxygens (including phenoxy) is 1. The van der Waals surface area contributed by atoms with Gasteiger partial charge < -0.3 is 20.1 Å². The largest absolute Gasteiger partial charge is 0.394 e. The standard InChI is InChI=1S/C5H10O4/c6-2-3-1-4(7)5(8)9-3/h3-8H,1-2H2/t3-,4+,5?/m0/s1. The molecule has 54 valence electrons. The molecular formula is C5H10O4. The highest BCUT2D eigenvalue weighted by Crippen LogP contribution is 2.17. The third-order valence-corrected chi connectivity index (χ3v) is 1.37. The number of aliphatic hydroxyl groups excluding tert-OH is 3. The second-order valence-electron chi connectivity index (χ2n) is 2.13. The third-order valence-electron chi connectivity index (χ3n) is 1.37. The van der Waals surface area contributed by atoms with E-state index < -0.39 is 18.5 Å². The summed E-state index contributed by atoms with van der Waals surface area (Å²) in [6, 6.07) is 0. The van der Waals surface area contributed by atoms with E-state index in [1.165, 1.54) is 0 Å². The lowest BCUT2D eigenvalue weighted by molar-refractivity contribution is -0.132. The van der Waals surface area contributed by atoms with Gasteiger partial charge in [0.1, 0.15) is 6.10 Å². The van der Waals surface area contributed by atoms with Gasteiger partial charge in [-0.2, -0.15) is 0 Å². The molecule has 0 radical (unpaired) electrons. The fraction of sp³-hybridized carbons (Fsp3) is 1.00. The highest BCUT2D eigenvalue weighted by atomic mass is 16.6. The SMILES string of the molecule is OC[C@@H]1C[C@@H](O)C(O)O1. The molecule has 4 nitrogen and oxygen atoms in total. The van der Waals surface area contributed by atoms with E-state index in [9.17, 15) is 0 Å². The van der Waals surface area contributed by atoms with Gasteiger partial charge in [-0.05, 0) is 0 Å². The predicted molar refractivity (Wildman–Crippen MR) is 28.6 cm³/mol. The van der Waals surface area contributed by atoms with Gasteiger partial charge >= 0.3 is 0 Å². The lowest BCUT2D eigenvalue weighted by Crippen LogP contribution is -2.19. The molecule has 3 N–H and O–H groups in total. The Balaban J connectivity index is 2.35. The van der Waals surface area contributed by atoms with Crippen molar-refractivity contribution in [2.75, 3.05) is 6.61 Å². The molecule has 0 spiro atoms. The summed E-state index contributed by atoms with van der Waals surface area (Å²) >= 11 is 0. The van der Waals surface area contributed by atoms with E-state index in [4.69, 9.17) is 15.3 Å². The molecule has 1 heterocycles. The quantitative estimate of drug-likeness (QED) is 0.406. The normalized spacial score (nSPS) is 43.7.